The normalized spacial score (nSPS) is 11.1. The van der Waals surface area contributed by atoms with E-state index in [4.69, 9.17) is 15.2 Å². The average Bonchev–Trinajstić information content (AvgIpc) is 2.66. The second kappa shape index (κ2) is 10.0. The molecule has 0 saturated heterocycles. The lowest BCUT2D eigenvalue weighted by Gasteiger charge is -2.12. The van der Waals surface area contributed by atoms with E-state index in [1.54, 1.807) is 13.3 Å². The smallest absolute Gasteiger partial charge is 0.222 e. The maximum Gasteiger partial charge on any atom is 0.222 e. The Balaban J connectivity index is 2.03. The fraction of sp³-hybridized carbons (Fsp3) is 0.316. The average molecular weight is 355 g/mol. The fourth-order valence-electron chi connectivity index (χ4n) is 2.15. The molecule has 0 radical (unpaired) electrons. The van der Waals surface area contributed by atoms with Gasteiger partial charge in [0.2, 0.25) is 11.8 Å². The Morgan fingerprint density at radius 1 is 1.31 bits per heavy atom. The third-order valence-corrected chi connectivity index (χ3v) is 3.46. The van der Waals surface area contributed by atoms with Crippen molar-refractivity contribution in [1.29, 1.82) is 0 Å². The lowest BCUT2D eigenvalue weighted by molar-refractivity contribution is 0.347. The Labute approximate surface area is 154 Å². The first kappa shape index (κ1) is 19.2. The zero-order valence-corrected chi connectivity index (χ0v) is 15.2. The minimum atomic E-state index is 0.176. The minimum absolute atomic E-state index is 0.176. The molecule has 1 aromatic heterocycles. The van der Waals surface area contributed by atoms with Crippen LogP contribution in [0.1, 0.15) is 25.3 Å². The Morgan fingerprint density at radius 3 is 2.77 bits per heavy atom. The minimum Gasteiger partial charge on any atom is -0.482 e. The zero-order chi connectivity index (χ0) is 18.8. The molecule has 7 nitrogen and oxygen atoms in total. The van der Waals surface area contributed by atoms with E-state index in [2.05, 4.69) is 33.8 Å². The number of ether oxygens (including phenoxy) is 2. The SMILES string of the molecule is C=C(COc1cnc(N)nc1NCCCC)/N=C(\OC)c1ccccc1. The molecule has 0 bridgehead atoms. The van der Waals surface area contributed by atoms with Crippen LogP contribution < -0.4 is 15.8 Å². The number of hydrogen-bond donors (Lipinski definition) is 2. The predicted molar refractivity (Wildman–Crippen MR) is 104 cm³/mol. The number of nitrogens with one attached hydrogen (secondary N) is 1. The summed E-state index contributed by atoms with van der Waals surface area (Å²) in [5.74, 6) is 1.75. The Kier molecular flexibility index (Phi) is 7.42. The van der Waals surface area contributed by atoms with Gasteiger partial charge in [0.25, 0.3) is 0 Å². The van der Waals surface area contributed by atoms with Gasteiger partial charge in [0.1, 0.15) is 6.61 Å². The van der Waals surface area contributed by atoms with Gasteiger partial charge in [-0.05, 0) is 18.6 Å². The topological polar surface area (TPSA) is 94.7 Å². The van der Waals surface area contributed by atoms with Gasteiger partial charge in [0.05, 0.1) is 19.0 Å². The van der Waals surface area contributed by atoms with Crippen molar-refractivity contribution in [3.63, 3.8) is 0 Å². The summed E-state index contributed by atoms with van der Waals surface area (Å²) in [6, 6.07) is 9.61. The summed E-state index contributed by atoms with van der Waals surface area (Å²) in [6.45, 7) is 7.01. The number of nitrogens with two attached hydrogens (primary N) is 1. The van der Waals surface area contributed by atoms with Crippen LogP contribution in [-0.2, 0) is 4.74 Å². The molecule has 0 saturated carbocycles. The van der Waals surface area contributed by atoms with Crippen molar-refractivity contribution in [2.75, 3.05) is 31.3 Å². The van der Waals surface area contributed by atoms with Gasteiger partial charge in [-0.1, -0.05) is 38.1 Å². The first-order valence-corrected chi connectivity index (χ1v) is 8.49. The first-order chi connectivity index (χ1) is 12.6. The third kappa shape index (κ3) is 5.77. The highest BCUT2D eigenvalue weighted by Gasteiger charge is 2.09. The number of anilines is 2. The van der Waals surface area contributed by atoms with E-state index in [0.29, 0.717) is 23.2 Å². The van der Waals surface area contributed by atoms with Crippen molar-refractivity contribution in [1.82, 2.24) is 9.97 Å². The van der Waals surface area contributed by atoms with Gasteiger partial charge in [0, 0.05) is 12.1 Å². The quantitative estimate of drug-likeness (QED) is 0.407. The molecule has 7 heteroatoms. The van der Waals surface area contributed by atoms with Crippen LogP contribution in [0.15, 0.2) is 53.8 Å². The molecular weight excluding hydrogens is 330 g/mol. The number of rotatable bonds is 9. The predicted octanol–water partition coefficient (Wildman–Crippen LogP) is 3.26. The molecule has 0 atom stereocenters. The second-order valence-electron chi connectivity index (χ2n) is 5.56. The maximum atomic E-state index is 5.76. The summed E-state index contributed by atoms with van der Waals surface area (Å²) in [5.41, 5.74) is 7.05. The Hall–Kier alpha value is -3.09. The van der Waals surface area contributed by atoms with E-state index in [0.717, 1.165) is 24.9 Å². The largest absolute Gasteiger partial charge is 0.482 e. The fourth-order valence-corrected chi connectivity index (χ4v) is 2.15. The van der Waals surface area contributed by atoms with Gasteiger partial charge in [0.15, 0.2) is 11.6 Å². The van der Waals surface area contributed by atoms with Crippen LogP contribution in [0, 0.1) is 0 Å². The molecule has 3 N–H and O–H groups in total. The highest BCUT2D eigenvalue weighted by Crippen LogP contribution is 2.22. The highest BCUT2D eigenvalue weighted by atomic mass is 16.5. The van der Waals surface area contributed by atoms with E-state index in [9.17, 15) is 0 Å². The number of nitrogens with zero attached hydrogens (tertiary/aromatic N) is 3. The van der Waals surface area contributed by atoms with Crippen molar-refractivity contribution in [2.45, 2.75) is 19.8 Å². The summed E-state index contributed by atoms with van der Waals surface area (Å²) in [6.07, 6.45) is 3.64. The van der Waals surface area contributed by atoms with Crippen molar-refractivity contribution >= 4 is 17.7 Å². The summed E-state index contributed by atoms with van der Waals surface area (Å²) in [4.78, 5) is 12.6. The number of nitrogen functional groups attached to an aromatic ring is 1. The molecule has 138 valence electrons. The molecule has 0 unspecified atom stereocenters. The van der Waals surface area contributed by atoms with Crippen LogP contribution in [-0.4, -0.2) is 36.1 Å². The van der Waals surface area contributed by atoms with E-state index < -0.39 is 0 Å². The van der Waals surface area contributed by atoms with E-state index >= 15 is 0 Å². The van der Waals surface area contributed by atoms with Gasteiger partial charge in [-0.25, -0.2) is 9.98 Å². The molecule has 1 heterocycles. The summed E-state index contributed by atoms with van der Waals surface area (Å²) in [5, 5.41) is 3.21. The molecule has 1 aromatic carbocycles. The van der Waals surface area contributed by atoms with E-state index in [1.807, 2.05) is 30.3 Å². The number of methoxy groups -OCH3 is 1. The molecule has 2 rings (SSSR count). The third-order valence-electron chi connectivity index (χ3n) is 3.46. The number of unbranched alkanes of at least 4 members (excludes halogenated alkanes) is 1. The molecule has 0 fully saturated rings. The van der Waals surface area contributed by atoms with E-state index in [-0.39, 0.29) is 12.6 Å². The zero-order valence-electron chi connectivity index (χ0n) is 15.2. The van der Waals surface area contributed by atoms with Crippen molar-refractivity contribution in [3.8, 4) is 5.75 Å². The van der Waals surface area contributed by atoms with Crippen LogP contribution in [0.5, 0.6) is 5.75 Å². The van der Waals surface area contributed by atoms with Crippen molar-refractivity contribution in [3.05, 3.63) is 54.4 Å². The molecule has 26 heavy (non-hydrogen) atoms. The number of benzene rings is 1. The first-order valence-electron chi connectivity index (χ1n) is 8.49. The van der Waals surface area contributed by atoms with E-state index in [1.165, 1.54) is 0 Å². The van der Waals surface area contributed by atoms with Crippen LogP contribution in [0.25, 0.3) is 0 Å². The molecule has 0 amide bonds. The van der Waals surface area contributed by atoms with Crippen LogP contribution >= 0.6 is 0 Å². The van der Waals surface area contributed by atoms with Crippen LogP contribution in [0.2, 0.25) is 0 Å². The highest BCUT2D eigenvalue weighted by molar-refractivity contribution is 5.94. The van der Waals surface area contributed by atoms with Crippen molar-refractivity contribution in [2.24, 2.45) is 4.99 Å². The van der Waals surface area contributed by atoms with Gasteiger partial charge >= 0.3 is 0 Å². The summed E-state index contributed by atoms with van der Waals surface area (Å²) in [7, 11) is 1.57. The molecule has 0 aliphatic heterocycles. The molecule has 0 aliphatic rings. The Bertz CT molecular complexity index is 747. The molecule has 2 aromatic rings. The van der Waals surface area contributed by atoms with Gasteiger partial charge in [-0.2, -0.15) is 4.98 Å². The maximum absolute atomic E-state index is 5.76. The van der Waals surface area contributed by atoms with Gasteiger partial charge in [-0.3, -0.25) is 0 Å². The lowest BCUT2D eigenvalue weighted by atomic mass is 10.2. The van der Waals surface area contributed by atoms with Crippen molar-refractivity contribution < 1.29 is 9.47 Å². The number of hydrogen-bond acceptors (Lipinski definition) is 7. The van der Waals surface area contributed by atoms with Crippen LogP contribution in [0.3, 0.4) is 0 Å². The molecule has 0 aliphatic carbocycles. The Morgan fingerprint density at radius 2 is 2.08 bits per heavy atom. The van der Waals surface area contributed by atoms with Crippen LogP contribution in [0.4, 0.5) is 11.8 Å². The standard InChI is InChI=1S/C19H25N5O2/c1-4-5-11-21-17-16(12-22-19(20)24-17)26-13-14(2)23-18(25-3)15-9-7-6-8-10-15/h6-10,12H,2,4-5,11,13H2,1,3H3,(H3,20,21,22,24)/b23-18-. The molecular formula is C19H25N5O2. The lowest BCUT2D eigenvalue weighted by Crippen LogP contribution is -2.10. The monoisotopic (exact) mass is 355 g/mol. The second-order valence-corrected chi connectivity index (χ2v) is 5.56. The summed E-state index contributed by atoms with van der Waals surface area (Å²) >= 11 is 0. The molecule has 0 spiro atoms. The van der Waals surface area contributed by atoms with Gasteiger partial charge in [-0.15, -0.1) is 0 Å². The summed E-state index contributed by atoms with van der Waals surface area (Å²) < 4.78 is 11.1. The van der Waals surface area contributed by atoms with Gasteiger partial charge < -0.3 is 20.5 Å². The number of aliphatic imine (C=N–C) groups is 1. The number of aromatic nitrogens is 2.